The Morgan fingerprint density at radius 1 is 1.35 bits per heavy atom. The summed E-state index contributed by atoms with van der Waals surface area (Å²) in [5.41, 5.74) is 1.82. The van der Waals surface area contributed by atoms with Crippen molar-refractivity contribution in [1.82, 2.24) is 15.6 Å². The number of nitrogens with one attached hydrogen (secondary N) is 2. The van der Waals surface area contributed by atoms with Gasteiger partial charge >= 0.3 is 0 Å². The Bertz CT molecular complexity index is 617. The second-order valence-corrected chi connectivity index (χ2v) is 6.32. The third kappa shape index (κ3) is 5.27. The summed E-state index contributed by atoms with van der Waals surface area (Å²) in [6, 6.07) is 9.80. The SMILES string of the molecule is Cl.O=C(CSCc1coc(-c2ccccc2)n1)NCC1CNC1. The molecule has 1 fully saturated rings. The first-order valence-corrected chi connectivity index (χ1v) is 8.52. The van der Waals surface area contributed by atoms with Crippen molar-refractivity contribution in [3.05, 3.63) is 42.3 Å². The first-order valence-electron chi connectivity index (χ1n) is 7.36. The maximum atomic E-state index is 11.7. The first-order chi connectivity index (χ1) is 10.8. The zero-order valence-corrected chi connectivity index (χ0v) is 14.3. The van der Waals surface area contributed by atoms with Crippen molar-refractivity contribution in [2.75, 3.05) is 25.4 Å². The highest BCUT2D eigenvalue weighted by atomic mass is 35.5. The van der Waals surface area contributed by atoms with E-state index >= 15 is 0 Å². The van der Waals surface area contributed by atoms with Crippen molar-refractivity contribution in [2.24, 2.45) is 5.92 Å². The molecule has 23 heavy (non-hydrogen) atoms. The van der Waals surface area contributed by atoms with Gasteiger partial charge in [-0.25, -0.2) is 4.98 Å². The summed E-state index contributed by atoms with van der Waals surface area (Å²) in [5, 5.41) is 6.15. The molecule has 1 aromatic heterocycles. The van der Waals surface area contributed by atoms with Crippen LogP contribution in [0.5, 0.6) is 0 Å². The number of halogens is 1. The highest BCUT2D eigenvalue weighted by Gasteiger charge is 2.17. The number of amides is 1. The van der Waals surface area contributed by atoms with E-state index in [1.54, 1.807) is 18.0 Å². The minimum Gasteiger partial charge on any atom is -0.444 e. The van der Waals surface area contributed by atoms with Gasteiger partial charge in [0.1, 0.15) is 6.26 Å². The molecule has 3 rings (SSSR count). The van der Waals surface area contributed by atoms with E-state index in [9.17, 15) is 4.79 Å². The average Bonchev–Trinajstić information content (AvgIpc) is 2.95. The molecular formula is C16H20ClN3O2S. The molecule has 7 heteroatoms. The van der Waals surface area contributed by atoms with Gasteiger partial charge in [-0.1, -0.05) is 18.2 Å². The lowest BCUT2D eigenvalue weighted by Gasteiger charge is -2.27. The monoisotopic (exact) mass is 353 g/mol. The molecule has 2 N–H and O–H groups in total. The van der Waals surface area contributed by atoms with Gasteiger partial charge in [-0.3, -0.25) is 4.79 Å². The average molecular weight is 354 g/mol. The minimum atomic E-state index is 0. The highest BCUT2D eigenvalue weighted by Crippen LogP contribution is 2.20. The molecule has 0 aliphatic carbocycles. The van der Waals surface area contributed by atoms with Crippen LogP contribution in [0.1, 0.15) is 5.69 Å². The largest absolute Gasteiger partial charge is 0.444 e. The minimum absolute atomic E-state index is 0. The van der Waals surface area contributed by atoms with E-state index in [0.29, 0.717) is 23.3 Å². The predicted octanol–water partition coefficient (Wildman–Crippen LogP) is 2.33. The number of thioether (sulfide) groups is 1. The third-order valence-corrected chi connectivity index (χ3v) is 4.48. The summed E-state index contributed by atoms with van der Waals surface area (Å²) >= 11 is 1.55. The topological polar surface area (TPSA) is 67.2 Å². The molecule has 1 aliphatic heterocycles. The number of aromatic nitrogens is 1. The van der Waals surface area contributed by atoms with Crippen LogP contribution >= 0.6 is 24.2 Å². The second kappa shape index (κ2) is 8.96. The van der Waals surface area contributed by atoms with Crippen LogP contribution in [-0.2, 0) is 10.5 Å². The van der Waals surface area contributed by atoms with Gasteiger partial charge in [-0.2, -0.15) is 0 Å². The fourth-order valence-electron chi connectivity index (χ4n) is 2.14. The van der Waals surface area contributed by atoms with Crippen molar-refractivity contribution >= 4 is 30.1 Å². The van der Waals surface area contributed by atoms with Gasteiger partial charge in [-0.05, 0) is 12.1 Å². The normalized spacial score (nSPS) is 13.9. The van der Waals surface area contributed by atoms with E-state index in [-0.39, 0.29) is 18.3 Å². The molecule has 0 bridgehead atoms. The molecule has 0 saturated carbocycles. The molecule has 2 heterocycles. The van der Waals surface area contributed by atoms with Crippen molar-refractivity contribution in [2.45, 2.75) is 5.75 Å². The number of nitrogens with zero attached hydrogens (tertiary/aromatic N) is 1. The Morgan fingerprint density at radius 2 is 2.13 bits per heavy atom. The number of carbonyl (C=O) groups is 1. The Labute approximate surface area is 146 Å². The van der Waals surface area contributed by atoms with E-state index in [1.165, 1.54) is 0 Å². The Morgan fingerprint density at radius 3 is 2.83 bits per heavy atom. The molecule has 1 aromatic carbocycles. The fourth-order valence-corrected chi connectivity index (χ4v) is 2.87. The van der Waals surface area contributed by atoms with Gasteiger partial charge in [0, 0.05) is 36.9 Å². The summed E-state index contributed by atoms with van der Waals surface area (Å²) in [4.78, 5) is 16.2. The maximum Gasteiger partial charge on any atom is 0.230 e. The quantitative estimate of drug-likeness (QED) is 0.799. The van der Waals surface area contributed by atoms with E-state index < -0.39 is 0 Å². The van der Waals surface area contributed by atoms with Gasteiger partial charge in [0.2, 0.25) is 11.8 Å². The van der Waals surface area contributed by atoms with Crippen LogP contribution in [0.2, 0.25) is 0 Å². The number of benzene rings is 1. The second-order valence-electron chi connectivity index (χ2n) is 5.33. The van der Waals surface area contributed by atoms with Crippen LogP contribution in [0, 0.1) is 5.92 Å². The van der Waals surface area contributed by atoms with Gasteiger partial charge in [0.15, 0.2) is 0 Å². The number of rotatable bonds is 7. The van der Waals surface area contributed by atoms with E-state index in [4.69, 9.17) is 4.42 Å². The molecule has 0 unspecified atom stereocenters. The summed E-state index contributed by atoms with van der Waals surface area (Å²) in [6.07, 6.45) is 1.66. The molecule has 5 nitrogen and oxygen atoms in total. The Balaban J connectivity index is 0.00000192. The van der Waals surface area contributed by atoms with Crippen LogP contribution < -0.4 is 10.6 Å². The standard InChI is InChI=1S/C16H19N3O2S.ClH/c20-15(18-8-12-6-17-7-12)11-22-10-14-9-21-16(19-14)13-4-2-1-3-5-13;/h1-5,9,12,17H,6-8,10-11H2,(H,18,20);1H. The summed E-state index contributed by atoms with van der Waals surface area (Å²) in [7, 11) is 0. The molecule has 1 aliphatic rings. The van der Waals surface area contributed by atoms with Crippen molar-refractivity contribution in [3.8, 4) is 11.5 Å². The lowest BCUT2D eigenvalue weighted by atomic mass is 10.0. The van der Waals surface area contributed by atoms with E-state index in [1.807, 2.05) is 30.3 Å². The Hall–Kier alpha value is -1.50. The van der Waals surface area contributed by atoms with Crippen LogP contribution in [0.25, 0.3) is 11.5 Å². The molecule has 1 amide bonds. The summed E-state index contributed by atoms with van der Waals surface area (Å²) < 4.78 is 5.48. The van der Waals surface area contributed by atoms with Crippen LogP contribution in [0.3, 0.4) is 0 Å². The van der Waals surface area contributed by atoms with Crippen molar-refractivity contribution < 1.29 is 9.21 Å². The molecule has 2 aromatic rings. The van der Waals surface area contributed by atoms with E-state index in [0.717, 1.165) is 30.9 Å². The van der Waals surface area contributed by atoms with Crippen LogP contribution in [0.4, 0.5) is 0 Å². The number of hydrogen-bond donors (Lipinski definition) is 2. The lowest BCUT2D eigenvalue weighted by Crippen LogP contribution is -2.48. The molecule has 0 atom stereocenters. The molecule has 1 saturated heterocycles. The maximum absolute atomic E-state index is 11.7. The Kier molecular flexibility index (Phi) is 6.95. The molecule has 0 spiro atoms. The van der Waals surface area contributed by atoms with Crippen molar-refractivity contribution in [3.63, 3.8) is 0 Å². The van der Waals surface area contributed by atoms with Crippen molar-refractivity contribution in [1.29, 1.82) is 0 Å². The van der Waals surface area contributed by atoms with E-state index in [2.05, 4.69) is 15.6 Å². The van der Waals surface area contributed by atoms with Gasteiger partial charge in [0.05, 0.1) is 11.4 Å². The fraction of sp³-hybridized carbons (Fsp3) is 0.375. The summed E-state index contributed by atoms with van der Waals surface area (Å²) in [5.74, 6) is 2.43. The number of oxazole rings is 1. The van der Waals surface area contributed by atoms with Gasteiger partial charge < -0.3 is 15.1 Å². The molecule has 0 radical (unpaired) electrons. The smallest absolute Gasteiger partial charge is 0.230 e. The van der Waals surface area contributed by atoms with Crippen LogP contribution in [-0.4, -0.2) is 36.3 Å². The zero-order chi connectivity index (χ0) is 15.2. The lowest BCUT2D eigenvalue weighted by molar-refractivity contribution is -0.118. The zero-order valence-electron chi connectivity index (χ0n) is 12.7. The molecule has 124 valence electrons. The summed E-state index contributed by atoms with van der Waals surface area (Å²) in [6.45, 7) is 2.79. The van der Waals surface area contributed by atoms with Crippen LogP contribution in [0.15, 0.2) is 41.0 Å². The highest BCUT2D eigenvalue weighted by molar-refractivity contribution is 7.99. The third-order valence-electron chi connectivity index (χ3n) is 3.51. The first kappa shape index (κ1) is 17.8. The number of carbonyl (C=O) groups excluding carboxylic acids is 1. The predicted molar refractivity (Wildman–Crippen MR) is 94.7 cm³/mol. The van der Waals surface area contributed by atoms with Gasteiger partial charge in [0.25, 0.3) is 0 Å². The number of hydrogen-bond acceptors (Lipinski definition) is 5. The molecular weight excluding hydrogens is 334 g/mol. The van der Waals surface area contributed by atoms with Gasteiger partial charge in [-0.15, -0.1) is 24.2 Å².